The van der Waals surface area contributed by atoms with Crippen LogP contribution < -0.4 is 0 Å². The second kappa shape index (κ2) is 2.58. The molecule has 0 aromatic rings. The van der Waals surface area contributed by atoms with Crippen molar-refractivity contribution in [2.75, 3.05) is 0 Å². The van der Waals surface area contributed by atoms with Crippen LogP contribution in [0.4, 0.5) is 0 Å². The topological polar surface area (TPSA) is 57.5 Å². The van der Waals surface area contributed by atoms with Crippen LogP contribution in [0.25, 0.3) is 0 Å². The van der Waals surface area contributed by atoms with Gasteiger partial charge in [-0.15, -0.1) is 0 Å². The lowest BCUT2D eigenvalue weighted by Crippen LogP contribution is -2.30. The van der Waals surface area contributed by atoms with Crippen molar-refractivity contribution in [1.29, 1.82) is 0 Å². The van der Waals surface area contributed by atoms with Gasteiger partial charge in [-0.2, -0.15) is 0 Å². The second-order valence-corrected chi connectivity index (χ2v) is 4.26. The van der Waals surface area contributed by atoms with Gasteiger partial charge in [0.2, 0.25) is 0 Å². The number of ketones is 1. The first-order valence-electron chi connectivity index (χ1n) is 4.67. The molecule has 0 spiro atoms. The van der Waals surface area contributed by atoms with E-state index in [2.05, 4.69) is 0 Å². The summed E-state index contributed by atoms with van der Waals surface area (Å²) >= 11 is 0. The highest BCUT2D eigenvalue weighted by Crippen LogP contribution is 2.47. The summed E-state index contributed by atoms with van der Waals surface area (Å²) < 4.78 is 0. The summed E-state index contributed by atoms with van der Waals surface area (Å²) in [6.07, 6.45) is 2.44. The first-order valence-corrected chi connectivity index (χ1v) is 4.67. The summed E-state index contributed by atoms with van der Waals surface area (Å²) in [5.74, 6) is 0.159. The van der Waals surface area contributed by atoms with Gasteiger partial charge in [0.15, 0.2) is 5.78 Å². The van der Waals surface area contributed by atoms with Crippen molar-refractivity contribution < 1.29 is 15.0 Å². The Kier molecular flexibility index (Phi) is 1.74. The molecule has 0 amide bonds. The number of carbonyl (C=O) groups is 1. The molecule has 2 rings (SSSR count). The maximum atomic E-state index is 11.2. The molecule has 2 unspecified atom stereocenters. The number of aliphatic hydroxyl groups is 2. The van der Waals surface area contributed by atoms with Gasteiger partial charge in [-0.3, -0.25) is 4.79 Å². The summed E-state index contributed by atoms with van der Waals surface area (Å²) in [5, 5.41) is 19.5. The molecular weight excluding hydrogens is 168 g/mol. The average molecular weight is 182 g/mol. The van der Waals surface area contributed by atoms with E-state index in [1.165, 1.54) is 6.92 Å². The van der Waals surface area contributed by atoms with Crippen LogP contribution in [0.3, 0.4) is 0 Å². The van der Waals surface area contributed by atoms with Gasteiger partial charge in [-0.1, -0.05) is 0 Å². The molecule has 0 heterocycles. The maximum absolute atomic E-state index is 11.2. The predicted octanol–water partition coefficient (Wildman–Crippen LogP) is 1.32. The Bertz CT molecular complexity index is 293. The Balaban J connectivity index is 2.37. The third-order valence-electron chi connectivity index (χ3n) is 3.18. The Morgan fingerprint density at radius 3 is 2.92 bits per heavy atom. The van der Waals surface area contributed by atoms with Crippen LogP contribution in [0.5, 0.6) is 0 Å². The van der Waals surface area contributed by atoms with Gasteiger partial charge >= 0.3 is 0 Å². The van der Waals surface area contributed by atoms with Crippen LogP contribution in [-0.2, 0) is 4.79 Å². The van der Waals surface area contributed by atoms with Crippen LogP contribution in [0, 0.1) is 5.92 Å². The second-order valence-electron chi connectivity index (χ2n) is 4.26. The quantitative estimate of drug-likeness (QED) is 0.643. The Hall–Kier alpha value is -0.830. The summed E-state index contributed by atoms with van der Waals surface area (Å²) in [7, 11) is 0. The van der Waals surface area contributed by atoms with Crippen LogP contribution in [-0.4, -0.2) is 21.6 Å². The van der Waals surface area contributed by atoms with Gasteiger partial charge in [-0.05, 0) is 32.1 Å². The summed E-state index contributed by atoms with van der Waals surface area (Å²) in [4.78, 5) is 11.2. The number of hydrogen-bond donors (Lipinski definition) is 2. The van der Waals surface area contributed by atoms with E-state index in [0.717, 1.165) is 6.42 Å². The molecule has 2 atom stereocenters. The molecular formula is C10H14O3. The van der Waals surface area contributed by atoms with E-state index in [-0.39, 0.29) is 23.9 Å². The van der Waals surface area contributed by atoms with E-state index < -0.39 is 5.60 Å². The van der Waals surface area contributed by atoms with Crippen molar-refractivity contribution in [1.82, 2.24) is 0 Å². The van der Waals surface area contributed by atoms with Crippen molar-refractivity contribution in [2.24, 2.45) is 5.92 Å². The molecule has 2 N–H and O–H groups in total. The predicted molar refractivity (Wildman–Crippen MR) is 47.2 cm³/mol. The number of carbonyl (C=O) groups excluding carboxylic acids is 1. The molecule has 2 aliphatic carbocycles. The maximum Gasteiger partial charge on any atom is 0.159 e. The Labute approximate surface area is 77.1 Å². The van der Waals surface area contributed by atoms with Gasteiger partial charge < -0.3 is 10.2 Å². The van der Waals surface area contributed by atoms with Gasteiger partial charge in [0.1, 0.15) is 5.76 Å². The molecule has 0 aliphatic heterocycles. The van der Waals surface area contributed by atoms with E-state index in [1.807, 2.05) is 0 Å². The highest BCUT2D eigenvalue weighted by Gasteiger charge is 2.45. The molecule has 0 aromatic heterocycles. The van der Waals surface area contributed by atoms with Crippen LogP contribution in [0.1, 0.15) is 32.6 Å². The van der Waals surface area contributed by atoms with E-state index in [4.69, 9.17) is 0 Å². The molecule has 1 saturated carbocycles. The van der Waals surface area contributed by atoms with E-state index in [9.17, 15) is 15.0 Å². The van der Waals surface area contributed by atoms with Gasteiger partial charge in [0.05, 0.1) is 5.60 Å². The molecule has 72 valence electrons. The molecule has 0 aromatic carbocycles. The van der Waals surface area contributed by atoms with E-state index >= 15 is 0 Å². The normalized spacial score (nSPS) is 38.2. The number of hydrogen-bond acceptors (Lipinski definition) is 3. The van der Waals surface area contributed by atoms with E-state index in [0.29, 0.717) is 18.4 Å². The molecule has 2 aliphatic rings. The van der Waals surface area contributed by atoms with Crippen LogP contribution in [0.2, 0.25) is 0 Å². The summed E-state index contributed by atoms with van der Waals surface area (Å²) in [6.45, 7) is 1.48. The lowest BCUT2D eigenvalue weighted by molar-refractivity contribution is -0.114. The minimum atomic E-state index is -0.728. The zero-order chi connectivity index (χ0) is 9.64. The molecule has 1 fully saturated rings. The van der Waals surface area contributed by atoms with Crippen molar-refractivity contribution in [3.8, 4) is 0 Å². The smallest absolute Gasteiger partial charge is 0.159 e. The number of allylic oxidation sites excluding steroid dienone is 1. The van der Waals surface area contributed by atoms with Crippen molar-refractivity contribution >= 4 is 5.78 Å². The van der Waals surface area contributed by atoms with Gasteiger partial charge in [0.25, 0.3) is 0 Å². The van der Waals surface area contributed by atoms with Crippen molar-refractivity contribution in [3.05, 3.63) is 11.3 Å². The standard InChI is InChI=1S/C10H14O3/c1-6(11)9-7-2-3-10(13,4-7)5-8(9)12/h7,12-13H,2-5H2,1H3. The average Bonchev–Trinajstić information content (AvgIpc) is 2.26. The molecule has 0 radical (unpaired) electrons. The lowest BCUT2D eigenvalue weighted by atomic mass is 9.83. The lowest BCUT2D eigenvalue weighted by Gasteiger charge is -2.28. The fraction of sp³-hybridized carbons (Fsp3) is 0.700. The number of fused-ring (bicyclic) bond motifs is 2. The monoisotopic (exact) mass is 182 g/mol. The fourth-order valence-corrected chi connectivity index (χ4v) is 2.65. The molecule has 3 nitrogen and oxygen atoms in total. The van der Waals surface area contributed by atoms with Crippen LogP contribution in [0.15, 0.2) is 11.3 Å². The number of Topliss-reactive ketones (excluding diaryl/α,β-unsaturated/α-hetero) is 1. The van der Waals surface area contributed by atoms with Gasteiger partial charge in [-0.25, -0.2) is 0 Å². The Morgan fingerprint density at radius 2 is 2.31 bits per heavy atom. The minimum Gasteiger partial charge on any atom is -0.512 e. The minimum absolute atomic E-state index is 0.0496. The SMILES string of the molecule is CC(=O)C1=C(O)CC2(O)CCC1C2. The zero-order valence-electron chi connectivity index (χ0n) is 7.71. The molecule has 3 heteroatoms. The largest absolute Gasteiger partial charge is 0.512 e. The first kappa shape index (κ1) is 8.75. The molecule has 0 saturated heterocycles. The highest BCUT2D eigenvalue weighted by molar-refractivity contribution is 5.94. The third-order valence-corrected chi connectivity index (χ3v) is 3.18. The first-order chi connectivity index (χ1) is 6.02. The number of aliphatic hydroxyl groups excluding tert-OH is 1. The van der Waals surface area contributed by atoms with Gasteiger partial charge in [0, 0.05) is 12.0 Å². The van der Waals surface area contributed by atoms with E-state index in [1.54, 1.807) is 0 Å². The fourth-order valence-electron chi connectivity index (χ4n) is 2.65. The molecule has 2 bridgehead atoms. The molecule has 13 heavy (non-hydrogen) atoms. The summed E-state index contributed by atoms with van der Waals surface area (Å²) in [6, 6.07) is 0. The number of rotatable bonds is 1. The summed E-state index contributed by atoms with van der Waals surface area (Å²) in [5.41, 5.74) is -0.171. The van der Waals surface area contributed by atoms with Crippen molar-refractivity contribution in [3.63, 3.8) is 0 Å². The zero-order valence-corrected chi connectivity index (χ0v) is 7.71. The van der Waals surface area contributed by atoms with Crippen molar-refractivity contribution in [2.45, 2.75) is 38.2 Å². The van der Waals surface area contributed by atoms with Crippen LogP contribution >= 0.6 is 0 Å². The third kappa shape index (κ3) is 1.27. The Morgan fingerprint density at radius 1 is 1.62 bits per heavy atom. The highest BCUT2D eigenvalue weighted by atomic mass is 16.3.